The quantitative estimate of drug-likeness (QED) is 0.136. The lowest BCUT2D eigenvalue weighted by Crippen LogP contribution is -2.37. The van der Waals surface area contributed by atoms with Crippen molar-refractivity contribution in [1.82, 2.24) is 39.0 Å². The second kappa shape index (κ2) is 11.1. The van der Waals surface area contributed by atoms with Gasteiger partial charge in [-0.3, -0.25) is 13.7 Å². The van der Waals surface area contributed by atoms with Gasteiger partial charge in [0.1, 0.15) is 67.0 Å². The van der Waals surface area contributed by atoms with E-state index in [1.165, 1.54) is 34.4 Å². The molecule has 3 aliphatic heterocycles. The molecule has 44 heavy (non-hydrogen) atoms. The molecule has 0 radical (unpaired) electrons. The van der Waals surface area contributed by atoms with Crippen LogP contribution in [0.25, 0.3) is 22.3 Å². The third-order valence-corrected chi connectivity index (χ3v) is 10.3. The van der Waals surface area contributed by atoms with E-state index in [-0.39, 0.29) is 34.0 Å². The van der Waals surface area contributed by atoms with Crippen LogP contribution in [0.5, 0.6) is 0 Å². The van der Waals surface area contributed by atoms with E-state index in [1.807, 2.05) is 0 Å². The number of ether oxygens (including phenoxy) is 2. The Kier molecular flexibility index (Phi) is 7.64. The number of aromatic nitrogens is 8. The van der Waals surface area contributed by atoms with Gasteiger partial charge in [0.15, 0.2) is 35.4 Å². The summed E-state index contributed by atoms with van der Waals surface area (Å²) in [6, 6.07) is 0. The molecule has 24 heteroatoms. The minimum absolute atomic E-state index is 0.0828. The number of nitrogen functional groups attached to an aromatic ring is 2. The minimum Gasteiger partial charge on any atom is -0.780 e. The number of aliphatic hydroxyl groups excluding tert-OH is 2. The molecule has 6 N–H and O–H groups in total. The number of nitrogens with zero attached hydrogens (tertiary/aromatic N) is 8. The molecule has 10 atom stereocenters. The van der Waals surface area contributed by atoms with Crippen molar-refractivity contribution < 1.29 is 47.2 Å². The Hall–Kier alpha value is -2.43. The molecule has 0 amide bonds. The van der Waals surface area contributed by atoms with Crippen molar-refractivity contribution in [2.75, 3.05) is 24.7 Å². The lowest BCUT2D eigenvalue weighted by Gasteiger charge is -2.34. The molecule has 0 aliphatic carbocycles. The van der Waals surface area contributed by atoms with E-state index in [2.05, 4.69) is 29.9 Å². The summed E-state index contributed by atoms with van der Waals surface area (Å²) in [5, 5.41) is 22.3. The number of nitrogens with two attached hydrogens (primary N) is 2. The largest absolute Gasteiger partial charge is 0.780 e. The zero-order valence-corrected chi connectivity index (χ0v) is 25.4. The lowest BCUT2D eigenvalue weighted by atomic mass is 10.1. The van der Waals surface area contributed by atoms with Crippen LogP contribution in [0.2, 0.25) is 0 Å². The van der Waals surface area contributed by atoms with E-state index in [4.69, 9.17) is 63.1 Å². The second-order valence-corrected chi connectivity index (χ2v) is 15.3. The summed E-state index contributed by atoms with van der Waals surface area (Å²) in [6.45, 7) is -9.98. The number of hydrogen-bond donors (Lipinski definition) is 4. The van der Waals surface area contributed by atoms with Gasteiger partial charge in [0.25, 0.3) is 0 Å². The molecule has 7 heterocycles. The normalized spacial score (nSPS) is 38.3. The fraction of sp³-hybridized carbons (Fsp3) is 0.500. The Morgan fingerprint density at radius 1 is 0.841 bits per heavy atom. The summed E-state index contributed by atoms with van der Waals surface area (Å²) in [4.78, 5) is 37.8. The summed E-state index contributed by atoms with van der Waals surface area (Å²) >= 11 is 10.3. The van der Waals surface area contributed by atoms with Crippen LogP contribution in [0.15, 0.2) is 25.3 Å². The topological polar surface area (TPSA) is 275 Å². The van der Waals surface area contributed by atoms with Crippen molar-refractivity contribution in [2.45, 2.75) is 49.1 Å². The molecular formula is C20H22N10O10P2S2-2. The number of hydrogen-bond acceptors (Lipinski definition) is 20. The highest BCUT2D eigenvalue weighted by atomic mass is 32.7. The summed E-state index contributed by atoms with van der Waals surface area (Å²) in [5.74, 6) is 0.174. The van der Waals surface area contributed by atoms with Gasteiger partial charge in [0, 0.05) is 0 Å². The van der Waals surface area contributed by atoms with E-state index in [0.29, 0.717) is 0 Å². The van der Waals surface area contributed by atoms with E-state index in [9.17, 15) is 19.7 Å². The predicted octanol–water partition coefficient (Wildman–Crippen LogP) is -1.60. The first-order chi connectivity index (χ1) is 20.9. The smallest absolute Gasteiger partial charge is 0.200 e. The maximum atomic E-state index is 13.5. The van der Waals surface area contributed by atoms with Crippen molar-refractivity contribution >= 4 is 71.5 Å². The summed E-state index contributed by atoms with van der Waals surface area (Å²) < 4.78 is 50.3. The van der Waals surface area contributed by atoms with Gasteiger partial charge in [0.05, 0.1) is 25.9 Å². The highest BCUT2D eigenvalue weighted by Crippen LogP contribution is 2.53. The van der Waals surface area contributed by atoms with Crippen molar-refractivity contribution in [3.63, 3.8) is 0 Å². The summed E-state index contributed by atoms with van der Waals surface area (Å²) in [5.41, 5.74) is 12.7. The first kappa shape index (κ1) is 30.2. The average Bonchev–Trinajstić information content (AvgIpc) is 3.73. The number of aliphatic hydroxyl groups is 2. The molecule has 4 aromatic heterocycles. The van der Waals surface area contributed by atoms with Gasteiger partial charge in [-0.2, -0.15) is 0 Å². The van der Waals surface area contributed by atoms with Crippen molar-refractivity contribution in [3.05, 3.63) is 25.3 Å². The maximum absolute atomic E-state index is 13.5. The molecule has 3 fully saturated rings. The molecule has 20 nitrogen and oxygen atoms in total. The SMILES string of the molecule is Nc1ncnc2c1ncn2[C@@H]1O[C@@H]2COP(=O)([S-])O[C@@H]3[C@H](O)[C@@H](COP([O-])(=S)O[C@H]2[C@H]1O)O[C@H]3n1cnc2c(N)ncnc21. The second-order valence-electron chi connectivity index (χ2n) is 9.90. The number of rotatable bonds is 2. The monoisotopic (exact) mass is 688 g/mol. The molecule has 2 bridgehead atoms. The standard InChI is InChI=1S/C20H24N10O10P2S2/c21-15-9-17(25-3-23-15)29(5-27-9)19-12(32)13-8(38-19)2-36-42(34,44)40-14-11(31)7(1-35-41(33,43)39-13)37-20(14)30-6-28-10-16(22)24-4-26-18(10)30/h3-8,11-14,19-20,31-32H,1-2H2,(H,33,43)(H,34,44)(H2,21,23,25)(H2,22,24,26)/p-2/t7-,8-,11-,12-,13-,14-,19-,20-,41?,42?/m1/s1. The molecule has 3 aliphatic rings. The molecule has 7 rings (SSSR count). The Morgan fingerprint density at radius 2 is 1.41 bits per heavy atom. The van der Waals surface area contributed by atoms with E-state index in [1.54, 1.807) is 0 Å². The number of imidazole rings is 2. The highest BCUT2D eigenvalue weighted by Gasteiger charge is 2.51. The average molecular weight is 689 g/mol. The first-order valence-corrected chi connectivity index (χ1v) is 17.8. The molecule has 2 unspecified atom stereocenters. The molecule has 236 valence electrons. The molecular weight excluding hydrogens is 666 g/mol. The van der Waals surface area contributed by atoms with Crippen LogP contribution in [-0.2, 0) is 56.2 Å². The highest BCUT2D eigenvalue weighted by molar-refractivity contribution is 8.32. The third-order valence-electron chi connectivity index (χ3n) is 7.24. The van der Waals surface area contributed by atoms with Crippen LogP contribution in [0, 0.1) is 0 Å². The Balaban J connectivity index is 1.20. The molecule has 0 saturated carbocycles. The van der Waals surface area contributed by atoms with Gasteiger partial charge >= 0.3 is 0 Å². The first-order valence-electron chi connectivity index (χ1n) is 12.7. The van der Waals surface area contributed by atoms with Gasteiger partial charge in [-0.1, -0.05) is 11.8 Å². The van der Waals surface area contributed by atoms with Gasteiger partial charge < -0.3 is 66.4 Å². The van der Waals surface area contributed by atoms with Gasteiger partial charge in [0.2, 0.25) is 6.80 Å². The van der Waals surface area contributed by atoms with Crippen molar-refractivity contribution in [2.24, 2.45) is 0 Å². The van der Waals surface area contributed by atoms with E-state index in [0.717, 1.165) is 0 Å². The van der Waals surface area contributed by atoms with Crippen molar-refractivity contribution in [1.29, 1.82) is 0 Å². The van der Waals surface area contributed by atoms with Gasteiger partial charge in [-0.15, -0.1) is 0 Å². The molecule has 4 aromatic rings. The fourth-order valence-corrected chi connectivity index (χ4v) is 8.04. The fourth-order valence-electron chi connectivity index (χ4n) is 5.21. The van der Waals surface area contributed by atoms with Crippen LogP contribution in [-0.4, -0.2) is 99.1 Å². The van der Waals surface area contributed by atoms with Crippen LogP contribution in [0.1, 0.15) is 12.5 Å². The minimum atomic E-state index is -4.43. The van der Waals surface area contributed by atoms with Crippen LogP contribution >= 0.6 is 13.5 Å². The number of fused-ring (bicyclic) bond motifs is 5. The van der Waals surface area contributed by atoms with Gasteiger partial charge in [-0.05, 0) is 0 Å². The third kappa shape index (κ3) is 5.28. The molecule has 0 spiro atoms. The molecule has 0 aromatic carbocycles. The Morgan fingerprint density at radius 3 is 2.05 bits per heavy atom. The number of anilines is 2. The van der Waals surface area contributed by atoms with Gasteiger partial charge in [-0.25, -0.2) is 29.9 Å². The Bertz CT molecular complexity index is 1830. The van der Waals surface area contributed by atoms with Crippen LogP contribution < -0.4 is 16.4 Å². The zero-order valence-electron chi connectivity index (χ0n) is 21.9. The van der Waals surface area contributed by atoms with Crippen LogP contribution in [0.4, 0.5) is 11.6 Å². The molecule has 3 saturated heterocycles. The predicted molar refractivity (Wildman–Crippen MR) is 150 cm³/mol. The van der Waals surface area contributed by atoms with E-state index >= 15 is 0 Å². The Labute approximate surface area is 256 Å². The maximum Gasteiger partial charge on any atom is 0.200 e. The van der Waals surface area contributed by atoms with Crippen LogP contribution in [0.3, 0.4) is 0 Å². The van der Waals surface area contributed by atoms with Crippen molar-refractivity contribution in [3.8, 4) is 0 Å². The zero-order chi connectivity index (χ0) is 31.0. The lowest BCUT2D eigenvalue weighted by molar-refractivity contribution is -0.217. The summed E-state index contributed by atoms with van der Waals surface area (Å²) in [6.07, 6.45) is -5.87. The van der Waals surface area contributed by atoms with E-state index < -0.39 is 75.8 Å². The summed E-state index contributed by atoms with van der Waals surface area (Å²) in [7, 11) is 0.